The summed E-state index contributed by atoms with van der Waals surface area (Å²) in [5.74, 6) is -0.199. The van der Waals surface area contributed by atoms with Gasteiger partial charge in [-0.15, -0.1) is 0 Å². The second-order valence-corrected chi connectivity index (χ2v) is 5.06. The maximum atomic E-state index is 11.4. The van der Waals surface area contributed by atoms with Crippen molar-refractivity contribution in [2.45, 2.75) is 33.6 Å². The van der Waals surface area contributed by atoms with Crippen LogP contribution in [0, 0.1) is 19.8 Å². The number of hydrogen-bond donors (Lipinski definition) is 1. The van der Waals surface area contributed by atoms with Gasteiger partial charge in [0.15, 0.2) is 0 Å². The lowest BCUT2D eigenvalue weighted by Gasteiger charge is -2.22. The van der Waals surface area contributed by atoms with E-state index >= 15 is 0 Å². The molecular formula is C14H20N2O2. The molecule has 0 radical (unpaired) electrons. The minimum absolute atomic E-state index is 0.359. The number of carboxylic acids is 1. The van der Waals surface area contributed by atoms with Crippen LogP contribution in [0.3, 0.4) is 0 Å². The number of carbonyl (C=O) groups is 1. The number of pyridine rings is 1. The summed E-state index contributed by atoms with van der Waals surface area (Å²) in [4.78, 5) is 17.8. The van der Waals surface area contributed by atoms with E-state index in [9.17, 15) is 9.90 Å². The molecule has 1 saturated heterocycles. The summed E-state index contributed by atoms with van der Waals surface area (Å²) in [6, 6.07) is 1.90. The van der Waals surface area contributed by atoms with E-state index in [0.717, 1.165) is 37.3 Å². The van der Waals surface area contributed by atoms with Crippen LogP contribution in [0.4, 0.5) is 5.69 Å². The number of rotatable bonds is 3. The normalized spacial score (nSPS) is 19.3. The van der Waals surface area contributed by atoms with Gasteiger partial charge in [-0.25, -0.2) is 4.79 Å². The molecular weight excluding hydrogens is 228 g/mol. The number of nitrogens with zero attached hydrogens (tertiary/aromatic N) is 2. The molecule has 0 aromatic carbocycles. The van der Waals surface area contributed by atoms with Gasteiger partial charge < -0.3 is 10.0 Å². The third kappa shape index (κ3) is 2.33. The number of aromatic nitrogens is 1. The topological polar surface area (TPSA) is 53.4 Å². The van der Waals surface area contributed by atoms with E-state index in [1.54, 1.807) is 6.92 Å². The second-order valence-electron chi connectivity index (χ2n) is 5.06. The van der Waals surface area contributed by atoms with E-state index in [0.29, 0.717) is 17.2 Å². The number of anilines is 1. The zero-order valence-corrected chi connectivity index (χ0v) is 11.2. The maximum Gasteiger partial charge on any atom is 0.339 e. The highest BCUT2D eigenvalue weighted by atomic mass is 16.4. The van der Waals surface area contributed by atoms with E-state index < -0.39 is 5.97 Å². The predicted molar refractivity (Wildman–Crippen MR) is 71.3 cm³/mol. The van der Waals surface area contributed by atoms with Crippen molar-refractivity contribution in [3.05, 3.63) is 23.0 Å². The standard InChI is InChI=1S/C14H20N2O2/c1-4-11-5-6-16(8-11)12-7-9(2)15-10(3)13(12)14(17)18/h7,11H,4-6,8H2,1-3H3,(H,17,18). The molecule has 0 spiro atoms. The zero-order valence-electron chi connectivity index (χ0n) is 11.2. The Balaban J connectivity index is 2.40. The van der Waals surface area contributed by atoms with E-state index in [1.807, 2.05) is 13.0 Å². The lowest BCUT2D eigenvalue weighted by Crippen LogP contribution is -2.23. The van der Waals surface area contributed by atoms with E-state index in [2.05, 4.69) is 16.8 Å². The average molecular weight is 248 g/mol. The molecule has 4 heteroatoms. The molecule has 1 aliphatic heterocycles. The quantitative estimate of drug-likeness (QED) is 0.893. The zero-order chi connectivity index (χ0) is 13.3. The summed E-state index contributed by atoms with van der Waals surface area (Å²) < 4.78 is 0. The fourth-order valence-electron chi connectivity index (χ4n) is 2.71. The number of aromatic carboxylic acids is 1. The van der Waals surface area contributed by atoms with Crippen molar-refractivity contribution >= 4 is 11.7 Å². The summed E-state index contributed by atoms with van der Waals surface area (Å²) in [6.07, 6.45) is 2.30. The number of aryl methyl sites for hydroxylation is 2. The Morgan fingerprint density at radius 2 is 2.28 bits per heavy atom. The maximum absolute atomic E-state index is 11.4. The Hall–Kier alpha value is -1.58. The van der Waals surface area contributed by atoms with Crippen LogP contribution >= 0.6 is 0 Å². The van der Waals surface area contributed by atoms with Crippen LogP contribution < -0.4 is 4.90 Å². The molecule has 1 N–H and O–H groups in total. The highest BCUT2D eigenvalue weighted by molar-refractivity contribution is 5.95. The van der Waals surface area contributed by atoms with Crippen LogP contribution in [0.1, 0.15) is 41.5 Å². The van der Waals surface area contributed by atoms with Gasteiger partial charge in [0.2, 0.25) is 0 Å². The highest BCUT2D eigenvalue weighted by Crippen LogP contribution is 2.30. The minimum Gasteiger partial charge on any atom is -0.478 e. The fraction of sp³-hybridized carbons (Fsp3) is 0.571. The Morgan fingerprint density at radius 3 is 2.83 bits per heavy atom. The Morgan fingerprint density at radius 1 is 1.56 bits per heavy atom. The first-order valence-corrected chi connectivity index (χ1v) is 6.49. The van der Waals surface area contributed by atoms with Gasteiger partial charge in [-0.2, -0.15) is 0 Å². The van der Waals surface area contributed by atoms with Crippen LogP contribution in [0.5, 0.6) is 0 Å². The van der Waals surface area contributed by atoms with E-state index in [1.165, 1.54) is 0 Å². The largest absolute Gasteiger partial charge is 0.478 e. The Kier molecular flexibility index (Phi) is 3.55. The molecule has 1 atom stereocenters. The van der Waals surface area contributed by atoms with Crippen molar-refractivity contribution in [2.24, 2.45) is 5.92 Å². The molecule has 1 unspecified atom stereocenters. The predicted octanol–water partition coefficient (Wildman–Crippen LogP) is 2.63. The van der Waals surface area contributed by atoms with Gasteiger partial charge in [-0.3, -0.25) is 4.98 Å². The smallest absolute Gasteiger partial charge is 0.339 e. The summed E-state index contributed by atoms with van der Waals surface area (Å²) in [6.45, 7) is 7.78. The molecule has 18 heavy (non-hydrogen) atoms. The number of carboxylic acid groups (broad SMARTS) is 1. The van der Waals surface area contributed by atoms with Crippen LogP contribution in [0.25, 0.3) is 0 Å². The Bertz CT molecular complexity index is 471. The van der Waals surface area contributed by atoms with E-state index in [4.69, 9.17) is 0 Å². The van der Waals surface area contributed by atoms with Gasteiger partial charge in [0.1, 0.15) is 5.56 Å². The lowest BCUT2D eigenvalue weighted by atomic mass is 10.1. The van der Waals surface area contributed by atoms with Gasteiger partial charge in [0, 0.05) is 18.8 Å². The molecule has 1 aromatic heterocycles. The van der Waals surface area contributed by atoms with Gasteiger partial charge >= 0.3 is 5.97 Å². The molecule has 0 amide bonds. The van der Waals surface area contributed by atoms with Gasteiger partial charge in [0.05, 0.1) is 11.4 Å². The molecule has 98 valence electrons. The van der Waals surface area contributed by atoms with Crippen LogP contribution in [0.15, 0.2) is 6.07 Å². The number of hydrogen-bond acceptors (Lipinski definition) is 3. The van der Waals surface area contributed by atoms with Crippen molar-refractivity contribution in [2.75, 3.05) is 18.0 Å². The summed E-state index contributed by atoms with van der Waals surface area (Å²) >= 11 is 0. The summed E-state index contributed by atoms with van der Waals surface area (Å²) in [5, 5.41) is 9.35. The third-order valence-electron chi connectivity index (χ3n) is 3.73. The SMILES string of the molecule is CCC1CCN(c2cc(C)nc(C)c2C(=O)O)C1. The first-order chi connectivity index (χ1) is 8.52. The highest BCUT2D eigenvalue weighted by Gasteiger charge is 2.26. The third-order valence-corrected chi connectivity index (χ3v) is 3.73. The van der Waals surface area contributed by atoms with Crippen molar-refractivity contribution in [3.8, 4) is 0 Å². The molecule has 2 rings (SSSR count). The lowest BCUT2D eigenvalue weighted by molar-refractivity contribution is 0.0696. The van der Waals surface area contributed by atoms with Crippen molar-refractivity contribution in [1.82, 2.24) is 4.98 Å². The minimum atomic E-state index is -0.880. The molecule has 0 aliphatic carbocycles. The molecule has 1 aromatic rings. The van der Waals surface area contributed by atoms with Crippen LogP contribution in [-0.2, 0) is 0 Å². The monoisotopic (exact) mass is 248 g/mol. The molecule has 1 fully saturated rings. The molecule has 4 nitrogen and oxygen atoms in total. The molecule has 0 saturated carbocycles. The van der Waals surface area contributed by atoms with Crippen LogP contribution in [0.2, 0.25) is 0 Å². The summed E-state index contributed by atoms with van der Waals surface area (Å²) in [5.41, 5.74) is 2.69. The van der Waals surface area contributed by atoms with Crippen LogP contribution in [-0.4, -0.2) is 29.1 Å². The second kappa shape index (κ2) is 4.96. The van der Waals surface area contributed by atoms with E-state index in [-0.39, 0.29) is 0 Å². The Labute approximate surface area is 108 Å². The average Bonchev–Trinajstić information content (AvgIpc) is 2.75. The van der Waals surface area contributed by atoms with Crippen molar-refractivity contribution < 1.29 is 9.90 Å². The van der Waals surface area contributed by atoms with Gasteiger partial charge in [-0.05, 0) is 32.3 Å². The molecule has 2 heterocycles. The summed E-state index contributed by atoms with van der Waals surface area (Å²) in [7, 11) is 0. The van der Waals surface area contributed by atoms with Gasteiger partial charge in [-0.1, -0.05) is 13.3 Å². The van der Waals surface area contributed by atoms with Crippen molar-refractivity contribution in [3.63, 3.8) is 0 Å². The first kappa shape index (κ1) is 12.9. The first-order valence-electron chi connectivity index (χ1n) is 6.49. The van der Waals surface area contributed by atoms with Crippen molar-refractivity contribution in [1.29, 1.82) is 0 Å². The van der Waals surface area contributed by atoms with Gasteiger partial charge in [0.25, 0.3) is 0 Å². The fourth-order valence-corrected chi connectivity index (χ4v) is 2.71. The molecule has 1 aliphatic rings. The molecule has 0 bridgehead atoms.